The van der Waals surface area contributed by atoms with E-state index in [-0.39, 0.29) is 5.91 Å². The van der Waals surface area contributed by atoms with Crippen LogP contribution in [0, 0.1) is 0 Å². The third-order valence-corrected chi connectivity index (χ3v) is 5.37. The number of ether oxygens (including phenoxy) is 3. The van der Waals surface area contributed by atoms with Crippen LogP contribution in [0.4, 0.5) is 0 Å². The number of hydrogen-bond donors (Lipinski definition) is 3. The van der Waals surface area contributed by atoms with Gasteiger partial charge >= 0.3 is 0 Å². The molecule has 3 N–H and O–H groups in total. The van der Waals surface area contributed by atoms with Crippen LogP contribution < -0.4 is 30.2 Å². The summed E-state index contributed by atoms with van der Waals surface area (Å²) in [5.41, 5.74) is 0.966. The average molecular weight is 436 g/mol. The van der Waals surface area contributed by atoms with E-state index in [0.29, 0.717) is 31.3 Å². The summed E-state index contributed by atoms with van der Waals surface area (Å²) in [7, 11) is 6.58. The van der Waals surface area contributed by atoms with E-state index in [9.17, 15) is 4.79 Å². The maximum Gasteiger partial charge on any atom is 0.233 e. The molecule has 1 heterocycles. The van der Waals surface area contributed by atoms with Gasteiger partial charge in [-0.1, -0.05) is 0 Å². The van der Waals surface area contributed by atoms with Crippen LogP contribution in [0.15, 0.2) is 17.1 Å². The number of likely N-dealkylation sites (tertiary alicyclic amines) is 1. The van der Waals surface area contributed by atoms with Crippen molar-refractivity contribution in [2.45, 2.75) is 32.2 Å². The van der Waals surface area contributed by atoms with Gasteiger partial charge in [0.1, 0.15) is 17.2 Å². The number of nitrogens with zero attached hydrogens (tertiary/aromatic N) is 2. The number of aliphatic imine (C=N–C) groups is 1. The van der Waals surface area contributed by atoms with E-state index in [0.717, 1.165) is 55.5 Å². The first-order valence-electron chi connectivity index (χ1n) is 10.8. The highest BCUT2D eigenvalue weighted by Crippen LogP contribution is 2.34. The fourth-order valence-electron chi connectivity index (χ4n) is 3.63. The topological polar surface area (TPSA) is 96.5 Å². The smallest absolute Gasteiger partial charge is 0.233 e. The molecule has 0 spiro atoms. The summed E-state index contributed by atoms with van der Waals surface area (Å²) in [6.07, 6.45) is 2.63. The first-order valence-corrected chi connectivity index (χ1v) is 10.8. The zero-order valence-corrected chi connectivity index (χ0v) is 19.4. The molecule has 1 aliphatic rings. The van der Waals surface area contributed by atoms with Crippen LogP contribution >= 0.6 is 0 Å². The Morgan fingerprint density at radius 2 is 1.77 bits per heavy atom. The zero-order valence-electron chi connectivity index (χ0n) is 19.4. The van der Waals surface area contributed by atoms with Crippen LogP contribution in [0.1, 0.15) is 25.3 Å². The standard InChI is InChI=1S/C22H37N5O4/c1-6-24-22(26-16-8-11-27(12-9-16)15-21(28)23-2)25-10-7-18-19(30-4)13-17(29-3)14-20(18)31-5/h13-14,16H,6-12,15H2,1-5H3,(H,23,28)(H2,24,25,26). The Kier molecular flexibility index (Phi) is 10.2. The Morgan fingerprint density at radius 3 is 2.29 bits per heavy atom. The van der Waals surface area contributed by atoms with E-state index >= 15 is 0 Å². The molecule has 0 bridgehead atoms. The lowest BCUT2D eigenvalue weighted by atomic mass is 10.1. The van der Waals surface area contributed by atoms with Crippen LogP contribution in [-0.4, -0.2) is 83.9 Å². The number of carbonyl (C=O) groups is 1. The van der Waals surface area contributed by atoms with Gasteiger partial charge in [0, 0.05) is 57.0 Å². The Bertz CT molecular complexity index is 708. The highest BCUT2D eigenvalue weighted by atomic mass is 16.5. The normalized spacial score (nSPS) is 15.3. The molecule has 0 radical (unpaired) electrons. The minimum atomic E-state index is 0.0608. The van der Waals surface area contributed by atoms with Crippen molar-refractivity contribution in [1.29, 1.82) is 0 Å². The van der Waals surface area contributed by atoms with Gasteiger partial charge in [0.05, 0.1) is 27.9 Å². The molecule has 0 unspecified atom stereocenters. The monoisotopic (exact) mass is 435 g/mol. The van der Waals surface area contributed by atoms with Gasteiger partial charge in [-0.05, 0) is 26.2 Å². The Morgan fingerprint density at radius 1 is 1.13 bits per heavy atom. The summed E-state index contributed by atoms with van der Waals surface area (Å²) in [4.78, 5) is 18.5. The SMILES string of the molecule is CCNC(=NCCc1c(OC)cc(OC)cc1OC)NC1CCN(CC(=O)NC)CC1. The molecule has 0 saturated carbocycles. The molecule has 2 rings (SSSR count). The van der Waals surface area contributed by atoms with Crippen molar-refractivity contribution in [2.24, 2.45) is 4.99 Å². The van der Waals surface area contributed by atoms with Crippen LogP contribution in [-0.2, 0) is 11.2 Å². The number of piperidine rings is 1. The lowest BCUT2D eigenvalue weighted by molar-refractivity contribution is -0.122. The summed E-state index contributed by atoms with van der Waals surface area (Å²) >= 11 is 0. The molecule has 1 fully saturated rings. The molecule has 1 aliphatic heterocycles. The van der Waals surface area contributed by atoms with Crippen LogP contribution in [0.25, 0.3) is 0 Å². The lowest BCUT2D eigenvalue weighted by Crippen LogP contribution is -2.50. The number of benzene rings is 1. The van der Waals surface area contributed by atoms with E-state index < -0.39 is 0 Å². The maximum absolute atomic E-state index is 11.6. The van der Waals surface area contributed by atoms with Gasteiger partial charge in [-0.2, -0.15) is 0 Å². The van der Waals surface area contributed by atoms with Gasteiger partial charge in [-0.25, -0.2) is 0 Å². The van der Waals surface area contributed by atoms with E-state index in [1.807, 2.05) is 12.1 Å². The molecule has 1 aromatic rings. The van der Waals surface area contributed by atoms with E-state index in [2.05, 4.69) is 27.8 Å². The molecule has 174 valence electrons. The molecule has 9 nitrogen and oxygen atoms in total. The molecule has 1 saturated heterocycles. The number of nitrogens with one attached hydrogen (secondary N) is 3. The Balaban J connectivity index is 1.96. The van der Waals surface area contributed by atoms with Gasteiger partial charge in [-0.15, -0.1) is 0 Å². The van der Waals surface area contributed by atoms with Crippen molar-refractivity contribution in [2.75, 3.05) is 61.1 Å². The number of rotatable bonds is 10. The van der Waals surface area contributed by atoms with Crippen LogP contribution in [0.3, 0.4) is 0 Å². The third-order valence-electron chi connectivity index (χ3n) is 5.37. The average Bonchev–Trinajstić information content (AvgIpc) is 2.80. The molecule has 0 aromatic heterocycles. The summed E-state index contributed by atoms with van der Waals surface area (Å²) in [6, 6.07) is 4.05. The molecule has 0 aliphatic carbocycles. The van der Waals surface area contributed by atoms with Crippen LogP contribution in [0.5, 0.6) is 17.2 Å². The number of methoxy groups -OCH3 is 3. The molecule has 31 heavy (non-hydrogen) atoms. The fourth-order valence-corrected chi connectivity index (χ4v) is 3.63. The molecule has 1 amide bonds. The quantitative estimate of drug-likeness (QED) is 0.373. The summed E-state index contributed by atoms with van der Waals surface area (Å²) in [5, 5.41) is 9.54. The van der Waals surface area contributed by atoms with Crippen molar-refractivity contribution in [3.05, 3.63) is 17.7 Å². The summed E-state index contributed by atoms with van der Waals surface area (Å²) < 4.78 is 16.4. The van der Waals surface area contributed by atoms with E-state index in [1.165, 1.54) is 0 Å². The zero-order chi connectivity index (χ0) is 22.6. The number of guanidine groups is 1. The second-order valence-electron chi connectivity index (χ2n) is 7.39. The number of amides is 1. The largest absolute Gasteiger partial charge is 0.496 e. The van der Waals surface area contributed by atoms with E-state index in [1.54, 1.807) is 28.4 Å². The van der Waals surface area contributed by atoms with E-state index in [4.69, 9.17) is 19.2 Å². The predicted octanol–water partition coefficient (Wildman–Crippen LogP) is 1.02. The van der Waals surface area contributed by atoms with Crippen molar-refractivity contribution in [3.63, 3.8) is 0 Å². The minimum Gasteiger partial charge on any atom is -0.496 e. The van der Waals surface area contributed by atoms with Gasteiger partial charge < -0.3 is 30.2 Å². The van der Waals surface area contributed by atoms with Crippen LogP contribution in [0.2, 0.25) is 0 Å². The van der Waals surface area contributed by atoms with Crippen molar-refractivity contribution < 1.29 is 19.0 Å². The first-order chi connectivity index (χ1) is 15.0. The fraction of sp³-hybridized carbons (Fsp3) is 0.636. The molecule has 1 aromatic carbocycles. The Hall–Kier alpha value is -2.68. The second-order valence-corrected chi connectivity index (χ2v) is 7.39. The predicted molar refractivity (Wildman–Crippen MR) is 122 cm³/mol. The number of likely N-dealkylation sites (N-methyl/N-ethyl adjacent to an activating group) is 1. The van der Waals surface area contributed by atoms with Gasteiger partial charge in [0.25, 0.3) is 0 Å². The van der Waals surface area contributed by atoms with Crippen molar-refractivity contribution >= 4 is 11.9 Å². The molecular formula is C22H37N5O4. The van der Waals surface area contributed by atoms with Gasteiger partial charge in [0.15, 0.2) is 5.96 Å². The maximum atomic E-state index is 11.6. The minimum absolute atomic E-state index is 0.0608. The lowest BCUT2D eigenvalue weighted by Gasteiger charge is -2.32. The van der Waals surface area contributed by atoms with Crippen molar-refractivity contribution in [3.8, 4) is 17.2 Å². The van der Waals surface area contributed by atoms with Gasteiger partial charge in [-0.3, -0.25) is 14.7 Å². The number of carbonyl (C=O) groups excluding carboxylic acids is 1. The highest BCUT2D eigenvalue weighted by Gasteiger charge is 2.21. The van der Waals surface area contributed by atoms with Crippen molar-refractivity contribution in [1.82, 2.24) is 20.9 Å². The molecule has 9 heteroatoms. The summed E-state index contributed by atoms with van der Waals surface area (Å²) in [5.74, 6) is 3.02. The highest BCUT2D eigenvalue weighted by molar-refractivity contribution is 5.80. The third kappa shape index (κ3) is 7.50. The Labute approximate surface area is 185 Å². The number of hydrogen-bond acceptors (Lipinski definition) is 6. The second kappa shape index (κ2) is 12.9. The molecule has 0 atom stereocenters. The molecular weight excluding hydrogens is 398 g/mol. The first kappa shape index (κ1) is 24.6. The summed E-state index contributed by atoms with van der Waals surface area (Å²) in [6.45, 7) is 5.68. The van der Waals surface area contributed by atoms with Gasteiger partial charge in [0.2, 0.25) is 5.91 Å².